The summed E-state index contributed by atoms with van der Waals surface area (Å²) in [5.41, 5.74) is 3.25. The van der Waals surface area contributed by atoms with Gasteiger partial charge in [0, 0.05) is 42.8 Å². The second-order valence-electron chi connectivity index (χ2n) is 6.45. The van der Waals surface area contributed by atoms with Crippen molar-refractivity contribution in [3.8, 4) is 0 Å². The number of carbonyl (C=O) groups excluding carboxylic acids is 2. The van der Waals surface area contributed by atoms with Crippen LogP contribution in [-0.2, 0) is 0 Å². The van der Waals surface area contributed by atoms with E-state index in [1.807, 2.05) is 49.3 Å². The van der Waals surface area contributed by atoms with Gasteiger partial charge in [-0.25, -0.2) is 9.97 Å². The first kappa shape index (κ1) is 19.0. The van der Waals surface area contributed by atoms with Crippen molar-refractivity contribution in [3.63, 3.8) is 0 Å². The summed E-state index contributed by atoms with van der Waals surface area (Å²) in [4.78, 5) is 34.2. The predicted molar refractivity (Wildman–Crippen MR) is 110 cm³/mol. The summed E-state index contributed by atoms with van der Waals surface area (Å²) in [7, 11) is 3.91. The van der Waals surface area contributed by atoms with Crippen LogP contribution in [0, 0.1) is 0 Å². The molecule has 0 saturated heterocycles. The Labute approximate surface area is 163 Å². The Hall–Kier alpha value is -3.74. The molecule has 0 aliphatic rings. The van der Waals surface area contributed by atoms with E-state index in [9.17, 15) is 9.59 Å². The largest absolute Gasteiger partial charge is 0.378 e. The summed E-state index contributed by atoms with van der Waals surface area (Å²) in [5, 5.41) is 5.91. The summed E-state index contributed by atoms with van der Waals surface area (Å²) in [6.07, 6.45) is 1.32. The van der Waals surface area contributed by atoms with Crippen molar-refractivity contribution in [2.75, 3.05) is 29.6 Å². The van der Waals surface area contributed by atoms with Gasteiger partial charge in [0.25, 0.3) is 5.91 Å². The first-order valence-corrected chi connectivity index (χ1v) is 8.71. The lowest BCUT2D eigenvalue weighted by molar-refractivity contribution is 0.101. The van der Waals surface area contributed by atoms with E-state index >= 15 is 0 Å². The molecule has 0 bridgehead atoms. The Morgan fingerprint density at radius 3 is 2.36 bits per heavy atom. The monoisotopic (exact) mass is 375 g/mol. The minimum Gasteiger partial charge on any atom is -0.378 e. The normalized spacial score (nSPS) is 10.2. The summed E-state index contributed by atoms with van der Waals surface area (Å²) in [5.74, 6) is 0.107. The maximum atomic E-state index is 12.5. The molecule has 0 unspecified atom stereocenters. The van der Waals surface area contributed by atoms with E-state index in [1.54, 1.807) is 24.3 Å². The first-order chi connectivity index (χ1) is 13.4. The van der Waals surface area contributed by atoms with Gasteiger partial charge in [-0.2, -0.15) is 0 Å². The smallest absolute Gasteiger partial charge is 0.274 e. The number of nitrogens with zero attached hydrogens (tertiary/aromatic N) is 3. The van der Waals surface area contributed by atoms with E-state index in [0.29, 0.717) is 22.8 Å². The van der Waals surface area contributed by atoms with Gasteiger partial charge in [-0.15, -0.1) is 0 Å². The van der Waals surface area contributed by atoms with Crippen LogP contribution in [0.2, 0.25) is 0 Å². The van der Waals surface area contributed by atoms with Crippen molar-refractivity contribution in [2.24, 2.45) is 0 Å². The molecule has 1 heterocycles. The Kier molecular flexibility index (Phi) is 5.64. The maximum Gasteiger partial charge on any atom is 0.274 e. The second-order valence-corrected chi connectivity index (χ2v) is 6.45. The molecule has 0 saturated carbocycles. The molecule has 1 aromatic heterocycles. The van der Waals surface area contributed by atoms with Gasteiger partial charge in [0.05, 0.1) is 0 Å². The van der Waals surface area contributed by atoms with Crippen LogP contribution in [0.1, 0.15) is 27.8 Å². The van der Waals surface area contributed by atoms with Crippen LogP contribution < -0.4 is 15.5 Å². The lowest BCUT2D eigenvalue weighted by Gasteiger charge is -2.13. The molecule has 2 N–H and O–H groups in total. The Balaban J connectivity index is 1.72. The minimum atomic E-state index is -0.333. The number of hydrogen-bond donors (Lipinski definition) is 2. The van der Waals surface area contributed by atoms with Crippen molar-refractivity contribution >= 4 is 34.6 Å². The first-order valence-electron chi connectivity index (χ1n) is 8.71. The van der Waals surface area contributed by atoms with Crippen LogP contribution in [0.25, 0.3) is 0 Å². The van der Waals surface area contributed by atoms with Gasteiger partial charge < -0.3 is 15.5 Å². The van der Waals surface area contributed by atoms with Gasteiger partial charge in [0.2, 0.25) is 0 Å². The van der Waals surface area contributed by atoms with E-state index in [4.69, 9.17) is 0 Å². The average Bonchev–Trinajstić information content (AvgIpc) is 2.69. The molecular weight excluding hydrogens is 354 g/mol. The third kappa shape index (κ3) is 4.70. The number of amides is 1. The van der Waals surface area contributed by atoms with E-state index in [1.165, 1.54) is 13.3 Å². The molecule has 0 spiro atoms. The number of hydrogen-bond acceptors (Lipinski definition) is 6. The molecule has 7 heteroatoms. The number of nitrogens with one attached hydrogen (secondary N) is 2. The molecule has 7 nitrogen and oxygen atoms in total. The zero-order valence-electron chi connectivity index (χ0n) is 15.9. The van der Waals surface area contributed by atoms with Crippen LogP contribution in [0.5, 0.6) is 0 Å². The van der Waals surface area contributed by atoms with Crippen LogP contribution >= 0.6 is 0 Å². The number of aromatic nitrogens is 2. The number of Topliss-reactive ketones (excluding diaryl/α,β-unsaturated/α-hetero) is 1. The molecular formula is C21H21N5O2. The molecule has 0 fully saturated rings. The molecule has 0 aliphatic carbocycles. The van der Waals surface area contributed by atoms with Crippen molar-refractivity contribution < 1.29 is 9.59 Å². The number of anilines is 4. The zero-order chi connectivity index (χ0) is 20.1. The van der Waals surface area contributed by atoms with Crippen molar-refractivity contribution in [1.29, 1.82) is 0 Å². The van der Waals surface area contributed by atoms with Crippen LogP contribution in [0.3, 0.4) is 0 Å². The summed E-state index contributed by atoms with van der Waals surface area (Å²) < 4.78 is 0. The van der Waals surface area contributed by atoms with E-state index < -0.39 is 0 Å². The lowest BCUT2D eigenvalue weighted by atomic mass is 10.1. The van der Waals surface area contributed by atoms with Gasteiger partial charge in [-0.05, 0) is 43.3 Å². The zero-order valence-corrected chi connectivity index (χ0v) is 15.9. The third-order valence-electron chi connectivity index (χ3n) is 4.08. The molecule has 28 heavy (non-hydrogen) atoms. The second kappa shape index (κ2) is 8.30. The lowest BCUT2D eigenvalue weighted by Crippen LogP contribution is -2.14. The molecule has 3 aromatic rings. The van der Waals surface area contributed by atoms with E-state index in [-0.39, 0.29) is 17.4 Å². The fraction of sp³-hybridized carbons (Fsp3) is 0.143. The minimum absolute atomic E-state index is 0.0216. The number of rotatable bonds is 6. The fourth-order valence-corrected chi connectivity index (χ4v) is 2.55. The van der Waals surface area contributed by atoms with Crippen molar-refractivity contribution in [1.82, 2.24) is 9.97 Å². The average molecular weight is 375 g/mol. The number of ketones is 1. The highest BCUT2D eigenvalue weighted by atomic mass is 16.2. The summed E-state index contributed by atoms with van der Waals surface area (Å²) in [6.45, 7) is 1.51. The topological polar surface area (TPSA) is 87.2 Å². The highest BCUT2D eigenvalue weighted by Gasteiger charge is 2.10. The SMILES string of the molecule is CC(=O)c1cccc(Nc2cc(C(=O)Nc3ccc(N(C)C)cc3)ncn2)c1. The van der Waals surface area contributed by atoms with Crippen LogP contribution in [0.15, 0.2) is 60.9 Å². The summed E-state index contributed by atoms with van der Waals surface area (Å²) >= 11 is 0. The maximum absolute atomic E-state index is 12.5. The third-order valence-corrected chi connectivity index (χ3v) is 4.08. The molecule has 2 aromatic carbocycles. The molecule has 1 amide bonds. The Bertz CT molecular complexity index is 1000. The molecule has 0 radical (unpaired) electrons. The fourth-order valence-electron chi connectivity index (χ4n) is 2.55. The Morgan fingerprint density at radius 2 is 1.68 bits per heavy atom. The van der Waals surface area contributed by atoms with Gasteiger partial charge in [-0.3, -0.25) is 9.59 Å². The van der Waals surface area contributed by atoms with Crippen LogP contribution in [-0.4, -0.2) is 35.8 Å². The van der Waals surface area contributed by atoms with Gasteiger partial charge in [-0.1, -0.05) is 12.1 Å². The molecule has 142 valence electrons. The highest BCUT2D eigenvalue weighted by molar-refractivity contribution is 6.03. The summed E-state index contributed by atoms with van der Waals surface area (Å²) in [6, 6.07) is 16.1. The standard InChI is InChI=1S/C21H21N5O2/c1-14(27)15-5-4-6-17(11-15)24-20-12-19(22-13-23-20)21(28)25-16-7-9-18(10-8-16)26(2)3/h4-13H,1-3H3,(H,25,28)(H,22,23,24). The van der Waals surface area contributed by atoms with E-state index in [2.05, 4.69) is 20.6 Å². The number of benzene rings is 2. The Morgan fingerprint density at radius 1 is 0.929 bits per heavy atom. The van der Waals surface area contributed by atoms with Crippen molar-refractivity contribution in [2.45, 2.75) is 6.92 Å². The van der Waals surface area contributed by atoms with Crippen LogP contribution in [0.4, 0.5) is 22.9 Å². The highest BCUT2D eigenvalue weighted by Crippen LogP contribution is 2.18. The van der Waals surface area contributed by atoms with Gasteiger partial charge >= 0.3 is 0 Å². The predicted octanol–water partition coefficient (Wildman–Crippen LogP) is 3.74. The molecule has 3 rings (SSSR count). The number of carbonyl (C=O) groups is 2. The van der Waals surface area contributed by atoms with Gasteiger partial charge in [0.1, 0.15) is 17.8 Å². The van der Waals surface area contributed by atoms with Gasteiger partial charge in [0.15, 0.2) is 5.78 Å². The van der Waals surface area contributed by atoms with E-state index in [0.717, 1.165) is 5.69 Å². The van der Waals surface area contributed by atoms with Crippen molar-refractivity contribution in [3.05, 3.63) is 72.2 Å². The quantitative estimate of drug-likeness (QED) is 0.638. The molecule has 0 atom stereocenters. The molecule has 0 aliphatic heterocycles.